The minimum absolute atomic E-state index is 0.211. The first-order valence-corrected chi connectivity index (χ1v) is 13.2. The minimum Gasteiger partial charge on any atom is -0.497 e. The summed E-state index contributed by atoms with van der Waals surface area (Å²) in [7, 11) is 4.67. The fraction of sp³-hybridized carbons (Fsp3) is 0.152. The highest BCUT2D eigenvalue weighted by atomic mass is 16.7. The summed E-state index contributed by atoms with van der Waals surface area (Å²) in [5.74, 6) is -0.745. The van der Waals surface area contributed by atoms with Crippen LogP contribution in [-0.2, 0) is 21.7 Å². The third-order valence-corrected chi connectivity index (χ3v) is 7.00. The topological polar surface area (TPSA) is 130 Å². The highest BCUT2D eigenvalue weighted by molar-refractivity contribution is 6.20. The molecule has 5 aromatic rings. The zero-order valence-corrected chi connectivity index (χ0v) is 23.6. The number of cyclic esters (lactones) is 1. The minimum atomic E-state index is -1.98. The van der Waals surface area contributed by atoms with Crippen molar-refractivity contribution in [1.82, 2.24) is 10.3 Å². The maximum absolute atomic E-state index is 13.2. The highest BCUT2D eigenvalue weighted by Crippen LogP contribution is 2.45. The summed E-state index contributed by atoms with van der Waals surface area (Å²) in [4.78, 5) is 23.5. The van der Waals surface area contributed by atoms with Crippen LogP contribution in [0.2, 0.25) is 0 Å². The van der Waals surface area contributed by atoms with Gasteiger partial charge in [-0.1, -0.05) is 36.4 Å². The molecule has 10 nitrogen and oxygen atoms in total. The number of nitrogens with zero attached hydrogens (tertiary/aromatic N) is 2. The molecule has 1 N–H and O–H groups in total. The summed E-state index contributed by atoms with van der Waals surface area (Å²) >= 11 is 0. The number of methoxy groups -OCH3 is 3. The molecule has 0 radical (unpaired) electrons. The number of hydrogen-bond acceptors (Lipinski definition) is 10. The lowest BCUT2D eigenvalue weighted by Gasteiger charge is -2.26. The van der Waals surface area contributed by atoms with Crippen molar-refractivity contribution in [2.45, 2.75) is 12.2 Å². The average Bonchev–Trinajstić information content (AvgIpc) is 3.62. The molecule has 218 valence electrons. The molecule has 6 rings (SSSR count). The maximum Gasteiger partial charge on any atom is 0.342 e. The number of aldehydes is 1. The van der Waals surface area contributed by atoms with Crippen molar-refractivity contribution in [2.75, 3.05) is 21.3 Å². The van der Waals surface area contributed by atoms with Gasteiger partial charge in [-0.25, -0.2) is 9.42 Å². The van der Waals surface area contributed by atoms with Crippen LogP contribution in [0.15, 0.2) is 101 Å². The monoisotopic (exact) mass is 580 g/mol. The first-order valence-electron chi connectivity index (χ1n) is 13.2. The van der Waals surface area contributed by atoms with Crippen molar-refractivity contribution >= 4 is 28.9 Å². The van der Waals surface area contributed by atoms with Gasteiger partial charge in [-0.05, 0) is 76.0 Å². The van der Waals surface area contributed by atoms with Gasteiger partial charge in [-0.15, -0.1) is 0 Å². The van der Waals surface area contributed by atoms with E-state index in [-0.39, 0.29) is 12.0 Å². The normalized spacial score (nSPS) is 15.9. The average molecular weight is 581 g/mol. The third kappa shape index (κ3) is 5.81. The van der Waals surface area contributed by atoms with Gasteiger partial charge in [0.15, 0.2) is 6.29 Å². The molecule has 1 aliphatic rings. The summed E-state index contributed by atoms with van der Waals surface area (Å²) in [6.07, 6.45) is 0.988. The number of fused-ring (bicyclic) bond motifs is 1. The molecular formula is C33H28N2O8. The number of para-hydroxylation sites is 2. The van der Waals surface area contributed by atoms with Gasteiger partial charge in [0.05, 0.1) is 32.5 Å². The molecule has 0 fully saturated rings. The lowest BCUT2D eigenvalue weighted by Crippen LogP contribution is -2.29. The quantitative estimate of drug-likeness (QED) is 0.194. The SMILES string of the molecule is COc1ccc(C2(O)OC(=O)C(c3ccc4nonc4c3)=C2Cc2ccccc2OC)cc1.COc1ccccc1C=O. The Hall–Kier alpha value is -5.48. The smallest absolute Gasteiger partial charge is 0.342 e. The second-order valence-corrected chi connectivity index (χ2v) is 9.43. The number of ether oxygens (including phenoxy) is 4. The predicted octanol–water partition coefficient (Wildman–Crippen LogP) is 5.15. The van der Waals surface area contributed by atoms with Gasteiger partial charge < -0.3 is 24.1 Å². The van der Waals surface area contributed by atoms with Crippen LogP contribution in [0.1, 0.15) is 27.0 Å². The molecule has 0 amide bonds. The van der Waals surface area contributed by atoms with Gasteiger partial charge in [-0.3, -0.25) is 4.79 Å². The standard InChI is InChI=1S/C25H20N2O6.C8H8O2/c1-30-18-10-8-17(9-11-18)25(29)19(13-15-5-3-4-6-22(15)31-2)23(24(28)32-25)16-7-12-20-21(14-16)27-33-26-20;1-10-8-5-3-2-4-7(8)6-9/h3-12,14,29H,13H2,1-2H3;2-6H,1H3. The van der Waals surface area contributed by atoms with Crippen molar-refractivity contribution in [2.24, 2.45) is 0 Å². The predicted molar refractivity (Wildman–Crippen MR) is 157 cm³/mol. The number of aromatic nitrogens is 2. The zero-order chi connectivity index (χ0) is 30.4. The van der Waals surface area contributed by atoms with Crippen LogP contribution in [0.4, 0.5) is 0 Å². The molecule has 0 spiro atoms. The van der Waals surface area contributed by atoms with Crippen LogP contribution in [0.5, 0.6) is 17.2 Å². The van der Waals surface area contributed by atoms with E-state index >= 15 is 0 Å². The molecule has 0 bridgehead atoms. The number of hydrogen-bond donors (Lipinski definition) is 1. The van der Waals surface area contributed by atoms with Crippen molar-refractivity contribution in [3.8, 4) is 17.2 Å². The van der Waals surface area contributed by atoms with E-state index in [9.17, 15) is 14.7 Å². The van der Waals surface area contributed by atoms with Crippen LogP contribution in [0.25, 0.3) is 16.6 Å². The molecule has 0 saturated carbocycles. The van der Waals surface area contributed by atoms with Crippen LogP contribution in [0.3, 0.4) is 0 Å². The number of aliphatic hydroxyl groups is 1. The molecule has 43 heavy (non-hydrogen) atoms. The summed E-state index contributed by atoms with van der Waals surface area (Å²) in [6, 6.07) is 26.4. The summed E-state index contributed by atoms with van der Waals surface area (Å²) < 4.78 is 26.0. The number of esters is 1. The first kappa shape index (κ1) is 29.0. The fourth-order valence-electron chi connectivity index (χ4n) is 4.83. The Bertz CT molecular complexity index is 1790. The number of carbonyl (C=O) groups is 2. The van der Waals surface area contributed by atoms with Gasteiger partial charge in [0.25, 0.3) is 5.79 Å². The van der Waals surface area contributed by atoms with E-state index in [1.54, 1.807) is 82.0 Å². The number of benzene rings is 4. The van der Waals surface area contributed by atoms with Gasteiger partial charge in [0, 0.05) is 17.6 Å². The van der Waals surface area contributed by atoms with E-state index < -0.39 is 11.8 Å². The molecule has 0 saturated heterocycles. The largest absolute Gasteiger partial charge is 0.497 e. The van der Waals surface area contributed by atoms with Crippen LogP contribution >= 0.6 is 0 Å². The van der Waals surface area contributed by atoms with Crippen molar-refractivity contribution in [1.29, 1.82) is 0 Å². The van der Waals surface area contributed by atoms with E-state index in [1.807, 2.05) is 30.3 Å². The second-order valence-electron chi connectivity index (χ2n) is 9.43. The number of rotatable bonds is 8. The van der Waals surface area contributed by atoms with E-state index in [0.717, 1.165) is 11.8 Å². The van der Waals surface area contributed by atoms with Gasteiger partial charge in [0.2, 0.25) is 0 Å². The Labute approximate surface area is 247 Å². The summed E-state index contributed by atoms with van der Waals surface area (Å²) in [5, 5.41) is 19.4. The van der Waals surface area contributed by atoms with Gasteiger partial charge in [-0.2, -0.15) is 0 Å². The molecule has 1 unspecified atom stereocenters. The van der Waals surface area contributed by atoms with E-state index in [2.05, 4.69) is 10.3 Å². The Morgan fingerprint density at radius 3 is 2.16 bits per heavy atom. The Kier molecular flexibility index (Phi) is 8.49. The maximum atomic E-state index is 13.2. The highest BCUT2D eigenvalue weighted by Gasteiger charge is 2.48. The fourth-order valence-corrected chi connectivity index (χ4v) is 4.83. The molecule has 1 aliphatic heterocycles. The van der Waals surface area contributed by atoms with Crippen molar-refractivity contribution < 1.29 is 38.3 Å². The Morgan fingerprint density at radius 1 is 0.814 bits per heavy atom. The van der Waals surface area contributed by atoms with Gasteiger partial charge >= 0.3 is 5.97 Å². The molecule has 10 heteroatoms. The van der Waals surface area contributed by atoms with Crippen molar-refractivity contribution in [3.63, 3.8) is 0 Å². The lowest BCUT2D eigenvalue weighted by molar-refractivity contribution is -0.185. The third-order valence-electron chi connectivity index (χ3n) is 7.00. The van der Waals surface area contributed by atoms with E-state index in [4.69, 9.17) is 23.6 Å². The molecule has 0 aliphatic carbocycles. The lowest BCUT2D eigenvalue weighted by atomic mass is 9.87. The van der Waals surface area contributed by atoms with Crippen LogP contribution in [-0.4, -0.2) is 49.0 Å². The van der Waals surface area contributed by atoms with Crippen molar-refractivity contribution in [3.05, 3.63) is 119 Å². The molecule has 1 aromatic heterocycles. The van der Waals surface area contributed by atoms with Crippen LogP contribution < -0.4 is 14.2 Å². The van der Waals surface area contributed by atoms with Crippen LogP contribution in [0, 0.1) is 0 Å². The van der Waals surface area contributed by atoms with Gasteiger partial charge in [0.1, 0.15) is 28.3 Å². The first-order chi connectivity index (χ1) is 20.9. The second kappa shape index (κ2) is 12.6. The molecule has 1 atom stereocenters. The Balaban J connectivity index is 0.000000314. The van der Waals surface area contributed by atoms with E-state index in [1.165, 1.54) is 0 Å². The number of carbonyl (C=O) groups excluding carboxylic acids is 2. The summed E-state index contributed by atoms with van der Waals surface area (Å²) in [6.45, 7) is 0. The molecule has 2 heterocycles. The zero-order valence-electron chi connectivity index (χ0n) is 23.6. The molecule has 4 aromatic carbocycles. The summed E-state index contributed by atoms with van der Waals surface area (Å²) in [5.41, 5.74) is 4.01. The van der Waals surface area contributed by atoms with E-state index in [0.29, 0.717) is 50.5 Å². The Morgan fingerprint density at radius 2 is 1.49 bits per heavy atom. The molecular weight excluding hydrogens is 552 g/mol.